The minimum Gasteiger partial charge on any atom is -0.308 e. The monoisotopic (exact) mass is 292 g/mol. The normalized spacial score (nSPS) is 11.0. The van der Waals surface area contributed by atoms with Gasteiger partial charge in [-0.25, -0.2) is 19.5 Å². The van der Waals surface area contributed by atoms with Gasteiger partial charge in [0.25, 0.3) is 0 Å². The standard InChI is InChI=1S/C14H12N8/c1-9-15-8-16-13(18-9)22-11-5-3-2-4-10(11)19-14(22)20-12-6-7-17-21-12/h2-8H,1H3,(H2,17,19,20,21). The van der Waals surface area contributed by atoms with E-state index in [0.29, 0.717) is 23.5 Å². The summed E-state index contributed by atoms with van der Waals surface area (Å²) in [5, 5.41) is 10.0. The first-order valence-corrected chi connectivity index (χ1v) is 6.71. The van der Waals surface area contributed by atoms with Crippen molar-refractivity contribution in [2.75, 3.05) is 5.32 Å². The number of nitrogens with zero attached hydrogens (tertiary/aromatic N) is 6. The summed E-state index contributed by atoms with van der Waals surface area (Å²) in [5.41, 5.74) is 1.75. The number of aromatic amines is 1. The molecule has 8 nitrogen and oxygen atoms in total. The fourth-order valence-electron chi connectivity index (χ4n) is 2.23. The molecule has 108 valence electrons. The molecule has 0 unspecified atom stereocenters. The van der Waals surface area contributed by atoms with Crippen molar-refractivity contribution in [1.82, 2.24) is 34.7 Å². The van der Waals surface area contributed by atoms with E-state index in [0.717, 1.165) is 11.0 Å². The van der Waals surface area contributed by atoms with Crippen LogP contribution in [0.5, 0.6) is 0 Å². The molecule has 0 saturated heterocycles. The Labute approximate surface area is 125 Å². The predicted octanol–water partition coefficient (Wildman–Crippen LogP) is 1.99. The number of nitrogens with one attached hydrogen (secondary N) is 2. The summed E-state index contributed by atoms with van der Waals surface area (Å²) in [6.45, 7) is 1.82. The second-order valence-corrected chi connectivity index (χ2v) is 4.68. The number of aryl methyl sites for hydroxylation is 1. The first-order chi connectivity index (χ1) is 10.8. The van der Waals surface area contributed by atoms with Gasteiger partial charge in [-0.1, -0.05) is 12.1 Å². The van der Waals surface area contributed by atoms with Crippen LogP contribution in [-0.4, -0.2) is 34.7 Å². The van der Waals surface area contributed by atoms with E-state index in [1.165, 1.54) is 6.33 Å². The van der Waals surface area contributed by atoms with Crippen molar-refractivity contribution in [3.63, 3.8) is 0 Å². The summed E-state index contributed by atoms with van der Waals surface area (Å²) in [7, 11) is 0. The fraction of sp³-hybridized carbons (Fsp3) is 0.0714. The van der Waals surface area contributed by atoms with Crippen LogP contribution in [0.15, 0.2) is 42.9 Å². The summed E-state index contributed by atoms with van der Waals surface area (Å²) in [4.78, 5) is 17.3. The number of hydrogen-bond donors (Lipinski definition) is 2. The average Bonchev–Trinajstić information content (AvgIpc) is 3.14. The maximum absolute atomic E-state index is 4.59. The molecule has 4 aromatic rings. The van der Waals surface area contributed by atoms with Gasteiger partial charge in [-0.2, -0.15) is 10.1 Å². The third-order valence-electron chi connectivity index (χ3n) is 3.18. The number of hydrogen-bond acceptors (Lipinski definition) is 6. The zero-order chi connectivity index (χ0) is 14.9. The molecule has 3 heterocycles. The molecule has 3 aromatic heterocycles. The summed E-state index contributed by atoms with van der Waals surface area (Å²) in [6.07, 6.45) is 3.23. The van der Waals surface area contributed by atoms with E-state index in [1.807, 2.05) is 41.8 Å². The van der Waals surface area contributed by atoms with E-state index < -0.39 is 0 Å². The molecule has 0 aliphatic rings. The van der Waals surface area contributed by atoms with Crippen LogP contribution in [0.3, 0.4) is 0 Å². The molecule has 4 rings (SSSR count). The van der Waals surface area contributed by atoms with Crippen LogP contribution in [0.25, 0.3) is 17.0 Å². The zero-order valence-electron chi connectivity index (χ0n) is 11.7. The maximum atomic E-state index is 4.59. The van der Waals surface area contributed by atoms with Crippen molar-refractivity contribution in [3.8, 4) is 5.95 Å². The molecule has 0 amide bonds. The van der Waals surface area contributed by atoms with Crippen molar-refractivity contribution in [1.29, 1.82) is 0 Å². The van der Waals surface area contributed by atoms with Crippen LogP contribution < -0.4 is 5.32 Å². The molecule has 0 bridgehead atoms. The summed E-state index contributed by atoms with van der Waals surface area (Å²) >= 11 is 0. The van der Waals surface area contributed by atoms with Gasteiger partial charge in [-0.3, -0.25) is 5.10 Å². The van der Waals surface area contributed by atoms with Crippen molar-refractivity contribution < 1.29 is 0 Å². The number of para-hydroxylation sites is 2. The molecule has 22 heavy (non-hydrogen) atoms. The lowest BCUT2D eigenvalue weighted by atomic mass is 10.3. The lowest BCUT2D eigenvalue weighted by Gasteiger charge is -2.07. The molecule has 0 aliphatic heterocycles. The minimum absolute atomic E-state index is 0.513. The summed E-state index contributed by atoms with van der Waals surface area (Å²) < 4.78 is 1.85. The Bertz CT molecular complexity index is 925. The van der Waals surface area contributed by atoms with Gasteiger partial charge in [-0.05, 0) is 19.1 Å². The lowest BCUT2D eigenvalue weighted by molar-refractivity contribution is 0.883. The second kappa shape index (κ2) is 4.92. The van der Waals surface area contributed by atoms with Gasteiger partial charge in [0.05, 0.1) is 11.0 Å². The van der Waals surface area contributed by atoms with E-state index in [2.05, 4.69) is 35.5 Å². The Kier molecular flexibility index (Phi) is 2.78. The Morgan fingerprint density at radius 3 is 2.82 bits per heavy atom. The highest BCUT2D eigenvalue weighted by Gasteiger charge is 2.15. The Balaban J connectivity index is 1.93. The van der Waals surface area contributed by atoms with Gasteiger partial charge in [0.1, 0.15) is 12.2 Å². The van der Waals surface area contributed by atoms with Gasteiger partial charge in [0.15, 0.2) is 5.82 Å². The number of aromatic nitrogens is 7. The minimum atomic E-state index is 0.513. The fourth-order valence-corrected chi connectivity index (χ4v) is 2.23. The van der Waals surface area contributed by atoms with E-state index in [-0.39, 0.29) is 0 Å². The van der Waals surface area contributed by atoms with Crippen LogP contribution in [0.1, 0.15) is 5.82 Å². The highest BCUT2D eigenvalue weighted by molar-refractivity contribution is 5.81. The summed E-state index contributed by atoms with van der Waals surface area (Å²) in [6, 6.07) is 9.62. The van der Waals surface area contributed by atoms with Gasteiger partial charge < -0.3 is 5.32 Å². The van der Waals surface area contributed by atoms with Crippen LogP contribution in [0.4, 0.5) is 11.8 Å². The van der Waals surface area contributed by atoms with Crippen LogP contribution in [0.2, 0.25) is 0 Å². The highest BCUT2D eigenvalue weighted by atomic mass is 15.3. The van der Waals surface area contributed by atoms with Crippen LogP contribution in [0, 0.1) is 6.92 Å². The predicted molar refractivity (Wildman–Crippen MR) is 81.1 cm³/mol. The molecular formula is C14H12N8. The highest BCUT2D eigenvalue weighted by Crippen LogP contribution is 2.24. The number of anilines is 2. The Hall–Kier alpha value is -3.29. The van der Waals surface area contributed by atoms with Crippen LogP contribution in [-0.2, 0) is 0 Å². The van der Waals surface area contributed by atoms with Crippen molar-refractivity contribution in [2.24, 2.45) is 0 Å². The number of benzene rings is 1. The second-order valence-electron chi connectivity index (χ2n) is 4.68. The first kappa shape index (κ1) is 12.5. The molecule has 0 saturated carbocycles. The maximum Gasteiger partial charge on any atom is 0.240 e. The smallest absolute Gasteiger partial charge is 0.240 e. The topological polar surface area (TPSA) is 97.2 Å². The molecule has 0 spiro atoms. The number of rotatable bonds is 3. The molecule has 8 heteroatoms. The quantitative estimate of drug-likeness (QED) is 0.599. The van der Waals surface area contributed by atoms with Crippen molar-refractivity contribution in [3.05, 3.63) is 48.7 Å². The first-order valence-electron chi connectivity index (χ1n) is 6.71. The van der Waals surface area contributed by atoms with Gasteiger partial charge >= 0.3 is 0 Å². The molecule has 0 aliphatic carbocycles. The summed E-state index contributed by atoms with van der Waals surface area (Å²) in [5.74, 6) is 2.42. The van der Waals surface area contributed by atoms with Gasteiger partial charge in [0, 0.05) is 12.3 Å². The van der Waals surface area contributed by atoms with Crippen molar-refractivity contribution >= 4 is 22.8 Å². The third kappa shape index (κ3) is 2.06. The van der Waals surface area contributed by atoms with Gasteiger partial charge in [-0.15, -0.1) is 0 Å². The molecule has 0 radical (unpaired) electrons. The van der Waals surface area contributed by atoms with Gasteiger partial charge in [0.2, 0.25) is 11.9 Å². The van der Waals surface area contributed by atoms with E-state index in [1.54, 1.807) is 6.20 Å². The molecule has 1 aromatic carbocycles. The number of fused-ring (bicyclic) bond motifs is 1. The number of imidazole rings is 1. The van der Waals surface area contributed by atoms with Crippen molar-refractivity contribution in [2.45, 2.75) is 6.92 Å². The third-order valence-corrected chi connectivity index (χ3v) is 3.18. The molecule has 0 fully saturated rings. The Morgan fingerprint density at radius 1 is 1.09 bits per heavy atom. The molecule has 0 atom stereocenters. The van der Waals surface area contributed by atoms with E-state index in [4.69, 9.17) is 0 Å². The molecular weight excluding hydrogens is 280 g/mol. The van der Waals surface area contributed by atoms with E-state index >= 15 is 0 Å². The lowest BCUT2D eigenvalue weighted by Crippen LogP contribution is -2.07. The van der Waals surface area contributed by atoms with Crippen LogP contribution >= 0.6 is 0 Å². The molecule has 2 N–H and O–H groups in total. The largest absolute Gasteiger partial charge is 0.308 e. The SMILES string of the molecule is Cc1ncnc(-n2c(Nc3cc[nH]n3)nc3ccccc32)n1. The Morgan fingerprint density at radius 2 is 2.00 bits per heavy atom. The average molecular weight is 292 g/mol. The van der Waals surface area contributed by atoms with E-state index in [9.17, 15) is 0 Å². The zero-order valence-corrected chi connectivity index (χ0v) is 11.7. The number of H-pyrrole nitrogens is 1.